The van der Waals surface area contributed by atoms with Crippen molar-refractivity contribution in [1.82, 2.24) is 15.0 Å². The third kappa shape index (κ3) is 5.74. The molecule has 0 atom stereocenters. The monoisotopic (exact) mass is 559 g/mol. The topological polar surface area (TPSA) is 87.6 Å². The lowest BCUT2D eigenvalue weighted by molar-refractivity contribution is 0.411. The zero-order chi connectivity index (χ0) is 22.3. The molecule has 4 rings (SSSR count). The normalized spacial score (nSPS) is 13.9. The molecule has 1 aliphatic rings. The highest BCUT2D eigenvalue weighted by Gasteiger charge is 2.16. The van der Waals surface area contributed by atoms with E-state index in [2.05, 4.69) is 67.6 Å². The van der Waals surface area contributed by atoms with Crippen LogP contribution in [0.1, 0.15) is 24.8 Å². The summed E-state index contributed by atoms with van der Waals surface area (Å²) in [7, 11) is 1.62. The molecule has 0 spiro atoms. The first-order chi connectivity index (χ1) is 15.6. The molecule has 0 aliphatic carbocycles. The molecule has 2 aromatic carbocycles. The van der Waals surface area contributed by atoms with Crippen LogP contribution in [0.5, 0.6) is 5.75 Å². The summed E-state index contributed by atoms with van der Waals surface area (Å²) < 4.78 is 7.22. The molecule has 1 aliphatic heterocycles. The van der Waals surface area contributed by atoms with Gasteiger partial charge in [0.05, 0.1) is 17.8 Å². The second-order valence-electron chi connectivity index (χ2n) is 7.20. The molecule has 0 bridgehead atoms. The Morgan fingerprint density at radius 3 is 2.50 bits per heavy atom. The number of hydrogen-bond donors (Lipinski definition) is 2. The van der Waals surface area contributed by atoms with Crippen LogP contribution >= 0.6 is 31.9 Å². The highest BCUT2D eigenvalue weighted by atomic mass is 79.9. The number of ether oxygens (including phenoxy) is 1. The van der Waals surface area contributed by atoms with Crippen molar-refractivity contribution < 1.29 is 4.74 Å². The van der Waals surface area contributed by atoms with Gasteiger partial charge < -0.3 is 15.0 Å². The molecule has 1 fully saturated rings. The first kappa shape index (κ1) is 22.5. The van der Waals surface area contributed by atoms with Crippen LogP contribution in [-0.2, 0) is 0 Å². The standard InChI is InChI=1S/C22H23Br2N7O/c1-32-19-15(12-16(23)13-18(19)24)14-25-30-21-27-20(26-17-8-4-2-5-9-17)28-22(29-21)31-10-6-3-7-11-31/h2,4-5,8-9,12-14H,3,6-7,10-11H2,1H3,(H2,26,27,28,29,30)/b25-14-. The van der Waals surface area contributed by atoms with E-state index in [1.54, 1.807) is 13.3 Å². The summed E-state index contributed by atoms with van der Waals surface area (Å²) in [6.45, 7) is 1.86. The predicted octanol–water partition coefficient (Wildman–Crippen LogP) is 5.59. The van der Waals surface area contributed by atoms with E-state index in [0.29, 0.717) is 23.6 Å². The Morgan fingerprint density at radius 2 is 1.75 bits per heavy atom. The van der Waals surface area contributed by atoms with E-state index in [1.165, 1.54) is 6.42 Å². The Kier molecular flexibility index (Phi) is 7.54. The molecule has 1 aromatic heterocycles. The van der Waals surface area contributed by atoms with Gasteiger partial charge in [0.1, 0.15) is 5.75 Å². The number of hydrogen-bond acceptors (Lipinski definition) is 8. The van der Waals surface area contributed by atoms with Crippen LogP contribution < -0.4 is 20.4 Å². The maximum Gasteiger partial charge on any atom is 0.250 e. The van der Waals surface area contributed by atoms with E-state index in [1.807, 2.05) is 42.5 Å². The second-order valence-corrected chi connectivity index (χ2v) is 8.97. The van der Waals surface area contributed by atoms with E-state index in [-0.39, 0.29) is 0 Å². The van der Waals surface area contributed by atoms with E-state index in [4.69, 9.17) is 4.74 Å². The highest BCUT2D eigenvalue weighted by Crippen LogP contribution is 2.31. The number of rotatable bonds is 7. The number of benzene rings is 2. The zero-order valence-corrected chi connectivity index (χ0v) is 20.7. The minimum atomic E-state index is 0.364. The fourth-order valence-electron chi connectivity index (χ4n) is 3.41. The largest absolute Gasteiger partial charge is 0.495 e. The maximum absolute atomic E-state index is 5.47. The maximum atomic E-state index is 5.47. The number of piperidine rings is 1. The zero-order valence-electron chi connectivity index (χ0n) is 17.6. The van der Waals surface area contributed by atoms with Gasteiger partial charge in [-0.2, -0.15) is 20.1 Å². The predicted molar refractivity (Wildman–Crippen MR) is 135 cm³/mol. The number of para-hydroxylation sites is 1. The van der Waals surface area contributed by atoms with E-state index in [0.717, 1.165) is 46.1 Å². The first-order valence-electron chi connectivity index (χ1n) is 10.3. The molecule has 166 valence electrons. The van der Waals surface area contributed by atoms with Gasteiger partial charge in [-0.3, -0.25) is 0 Å². The summed E-state index contributed by atoms with van der Waals surface area (Å²) in [6, 6.07) is 13.7. The van der Waals surface area contributed by atoms with Crippen molar-refractivity contribution in [3.63, 3.8) is 0 Å². The Morgan fingerprint density at radius 1 is 1.00 bits per heavy atom. The van der Waals surface area contributed by atoms with Gasteiger partial charge in [-0.05, 0) is 59.5 Å². The number of nitrogens with one attached hydrogen (secondary N) is 2. The van der Waals surface area contributed by atoms with Gasteiger partial charge in [-0.25, -0.2) is 5.43 Å². The van der Waals surface area contributed by atoms with E-state index in [9.17, 15) is 0 Å². The van der Waals surface area contributed by atoms with Crippen molar-refractivity contribution >= 4 is 61.6 Å². The smallest absolute Gasteiger partial charge is 0.250 e. The first-order valence-corrected chi connectivity index (χ1v) is 11.9. The van der Waals surface area contributed by atoms with Crippen molar-refractivity contribution in [2.24, 2.45) is 5.10 Å². The lowest BCUT2D eigenvalue weighted by atomic mass is 10.1. The second kappa shape index (κ2) is 10.7. The van der Waals surface area contributed by atoms with Gasteiger partial charge in [-0.1, -0.05) is 34.1 Å². The van der Waals surface area contributed by atoms with Crippen LogP contribution in [0.25, 0.3) is 0 Å². The van der Waals surface area contributed by atoms with E-state index >= 15 is 0 Å². The summed E-state index contributed by atoms with van der Waals surface area (Å²) in [5.74, 6) is 2.16. The average molecular weight is 561 g/mol. The van der Waals surface area contributed by atoms with Gasteiger partial charge in [-0.15, -0.1) is 0 Å². The molecule has 0 amide bonds. The van der Waals surface area contributed by atoms with Crippen LogP contribution in [0.15, 0.2) is 56.5 Å². The fraction of sp³-hybridized carbons (Fsp3) is 0.273. The molecule has 8 nitrogen and oxygen atoms in total. The van der Waals surface area contributed by atoms with Gasteiger partial charge in [0.25, 0.3) is 0 Å². The molecule has 10 heteroatoms. The van der Waals surface area contributed by atoms with Crippen LogP contribution in [-0.4, -0.2) is 41.4 Å². The summed E-state index contributed by atoms with van der Waals surface area (Å²) in [5, 5.41) is 7.59. The van der Waals surface area contributed by atoms with Gasteiger partial charge in [0.15, 0.2) is 0 Å². The van der Waals surface area contributed by atoms with Crippen molar-refractivity contribution in [3.05, 3.63) is 57.0 Å². The van der Waals surface area contributed by atoms with Crippen LogP contribution in [0, 0.1) is 0 Å². The molecule has 0 unspecified atom stereocenters. The molecule has 3 aromatic rings. The summed E-state index contributed by atoms with van der Waals surface area (Å²) in [6.07, 6.45) is 5.16. The minimum Gasteiger partial charge on any atom is -0.495 e. The molecular weight excluding hydrogens is 538 g/mol. The molecule has 2 heterocycles. The molecule has 1 saturated heterocycles. The third-order valence-corrected chi connectivity index (χ3v) is 5.95. The van der Waals surface area contributed by atoms with Crippen molar-refractivity contribution in [2.45, 2.75) is 19.3 Å². The fourth-order valence-corrected chi connectivity index (χ4v) is 4.83. The van der Waals surface area contributed by atoms with Crippen molar-refractivity contribution in [3.8, 4) is 5.75 Å². The Bertz CT molecular complexity index is 1090. The Hall–Kier alpha value is -2.72. The van der Waals surface area contributed by atoms with Gasteiger partial charge in [0, 0.05) is 28.8 Å². The molecular formula is C22H23Br2N7O. The van der Waals surface area contributed by atoms with Crippen molar-refractivity contribution in [1.29, 1.82) is 0 Å². The molecule has 32 heavy (non-hydrogen) atoms. The Labute approximate surface area is 203 Å². The number of halogens is 2. The quantitative estimate of drug-likeness (QED) is 0.288. The van der Waals surface area contributed by atoms with Gasteiger partial charge in [0.2, 0.25) is 17.8 Å². The lowest BCUT2D eigenvalue weighted by Gasteiger charge is -2.26. The van der Waals surface area contributed by atoms with Gasteiger partial charge >= 0.3 is 0 Å². The van der Waals surface area contributed by atoms with E-state index < -0.39 is 0 Å². The SMILES string of the molecule is COc1c(Br)cc(Br)cc1/C=N\Nc1nc(Nc2ccccc2)nc(N2CCCCC2)n1. The van der Waals surface area contributed by atoms with Crippen LogP contribution in [0.2, 0.25) is 0 Å². The Balaban J connectivity index is 1.59. The molecule has 2 N–H and O–H groups in total. The number of aromatic nitrogens is 3. The molecule has 0 radical (unpaired) electrons. The summed E-state index contributed by atoms with van der Waals surface area (Å²) in [5.41, 5.74) is 4.65. The average Bonchev–Trinajstić information content (AvgIpc) is 2.80. The minimum absolute atomic E-state index is 0.364. The number of nitrogens with zero attached hydrogens (tertiary/aromatic N) is 5. The number of anilines is 4. The number of hydrazone groups is 1. The summed E-state index contributed by atoms with van der Waals surface area (Å²) >= 11 is 7.00. The van der Waals surface area contributed by atoms with Crippen molar-refractivity contribution in [2.75, 3.05) is 35.8 Å². The molecule has 0 saturated carbocycles. The summed E-state index contributed by atoms with van der Waals surface area (Å²) in [4.78, 5) is 15.9. The third-order valence-electron chi connectivity index (χ3n) is 4.90. The lowest BCUT2D eigenvalue weighted by Crippen LogP contribution is -2.31. The van der Waals surface area contributed by atoms with Crippen LogP contribution in [0.3, 0.4) is 0 Å². The van der Waals surface area contributed by atoms with Crippen LogP contribution in [0.4, 0.5) is 23.5 Å². The number of methoxy groups -OCH3 is 1. The highest BCUT2D eigenvalue weighted by molar-refractivity contribution is 9.11.